The number of aryl methyl sites for hydroxylation is 2. The van der Waals surface area contributed by atoms with Gasteiger partial charge in [0.05, 0.1) is 17.9 Å². The van der Waals surface area contributed by atoms with Crippen molar-refractivity contribution < 1.29 is 0 Å². The molecule has 0 spiro atoms. The Morgan fingerprint density at radius 1 is 1.33 bits per heavy atom. The Morgan fingerprint density at radius 3 is 2.83 bits per heavy atom. The number of nitrogens with zero attached hydrogens (tertiary/aromatic N) is 2. The van der Waals surface area contributed by atoms with Gasteiger partial charge in [0.2, 0.25) is 0 Å². The van der Waals surface area contributed by atoms with E-state index in [1.807, 2.05) is 29.8 Å². The molecule has 0 aliphatic rings. The van der Waals surface area contributed by atoms with Gasteiger partial charge in [0.1, 0.15) is 0 Å². The fourth-order valence-electron chi connectivity index (χ4n) is 2.01. The SMILES string of the molecule is CCn1nc(C)cc1CNc1ccccc1CCl. The Hall–Kier alpha value is -1.48. The topological polar surface area (TPSA) is 29.9 Å². The van der Waals surface area contributed by atoms with Crippen molar-refractivity contribution in [1.82, 2.24) is 9.78 Å². The molecule has 0 atom stereocenters. The van der Waals surface area contributed by atoms with Crippen molar-refractivity contribution in [2.45, 2.75) is 32.8 Å². The van der Waals surface area contributed by atoms with E-state index < -0.39 is 0 Å². The van der Waals surface area contributed by atoms with Gasteiger partial charge in [-0.3, -0.25) is 4.68 Å². The van der Waals surface area contributed by atoms with Crippen LogP contribution in [0.15, 0.2) is 30.3 Å². The molecule has 3 nitrogen and oxygen atoms in total. The van der Waals surface area contributed by atoms with Gasteiger partial charge in [0, 0.05) is 18.1 Å². The van der Waals surface area contributed by atoms with Gasteiger partial charge in [-0.25, -0.2) is 0 Å². The number of para-hydroxylation sites is 1. The van der Waals surface area contributed by atoms with E-state index in [0.29, 0.717) is 5.88 Å². The smallest absolute Gasteiger partial charge is 0.0597 e. The normalized spacial score (nSPS) is 10.6. The average molecular weight is 264 g/mol. The molecule has 1 heterocycles. The third-order valence-electron chi connectivity index (χ3n) is 2.91. The second kappa shape index (κ2) is 5.91. The van der Waals surface area contributed by atoms with Crippen LogP contribution in [0.4, 0.5) is 5.69 Å². The van der Waals surface area contributed by atoms with Gasteiger partial charge >= 0.3 is 0 Å². The molecule has 2 aromatic rings. The van der Waals surface area contributed by atoms with Crippen LogP contribution in [0.1, 0.15) is 23.9 Å². The Labute approximate surface area is 113 Å². The third kappa shape index (κ3) is 2.85. The van der Waals surface area contributed by atoms with Crippen LogP contribution in [0.3, 0.4) is 0 Å². The second-order valence-electron chi connectivity index (χ2n) is 4.24. The second-order valence-corrected chi connectivity index (χ2v) is 4.50. The van der Waals surface area contributed by atoms with E-state index in [2.05, 4.69) is 29.5 Å². The standard InChI is InChI=1S/C14H18ClN3/c1-3-18-13(8-11(2)17-18)10-16-14-7-5-4-6-12(14)9-15/h4-8,16H,3,9-10H2,1-2H3. The monoisotopic (exact) mass is 263 g/mol. The van der Waals surface area contributed by atoms with E-state index in [1.165, 1.54) is 5.69 Å². The Kier molecular flexibility index (Phi) is 4.26. The maximum Gasteiger partial charge on any atom is 0.0597 e. The molecule has 0 bridgehead atoms. The summed E-state index contributed by atoms with van der Waals surface area (Å²) in [6.07, 6.45) is 0. The largest absolute Gasteiger partial charge is 0.379 e. The van der Waals surface area contributed by atoms with Crippen LogP contribution in [0.2, 0.25) is 0 Å². The van der Waals surface area contributed by atoms with Crippen molar-refractivity contribution in [3.8, 4) is 0 Å². The summed E-state index contributed by atoms with van der Waals surface area (Å²) in [5.41, 5.74) is 4.46. The minimum Gasteiger partial charge on any atom is -0.379 e. The molecule has 1 N–H and O–H groups in total. The van der Waals surface area contributed by atoms with Crippen molar-refractivity contribution in [2.75, 3.05) is 5.32 Å². The summed E-state index contributed by atoms with van der Waals surface area (Å²) < 4.78 is 2.02. The minimum absolute atomic E-state index is 0.523. The van der Waals surface area contributed by atoms with Gasteiger partial charge in [-0.2, -0.15) is 5.10 Å². The van der Waals surface area contributed by atoms with Crippen molar-refractivity contribution in [3.05, 3.63) is 47.3 Å². The average Bonchev–Trinajstić information content (AvgIpc) is 2.77. The van der Waals surface area contributed by atoms with E-state index in [1.54, 1.807) is 0 Å². The van der Waals surface area contributed by atoms with E-state index in [9.17, 15) is 0 Å². The van der Waals surface area contributed by atoms with Crippen LogP contribution in [0, 0.1) is 6.92 Å². The molecular formula is C14H18ClN3. The molecular weight excluding hydrogens is 246 g/mol. The van der Waals surface area contributed by atoms with Gasteiger partial charge in [0.15, 0.2) is 0 Å². The maximum atomic E-state index is 5.92. The summed E-state index contributed by atoms with van der Waals surface area (Å²) in [6, 6.07) is 10.2. The van der Waals surface area contributed by atoms with E-state index in [0.717, 1.165) is 30.0 Å². The predicted octanol–water partition coefficient (Wildman–Crippen LogP) is 3.56. The summed E-state index contributed by atoms with van der Waals surface area (Å²) in [4.78, 5) is 0. The zero-order chi connectivity index (χ0) is 13.0. The van der Waals surface area contributed by atoms with Gasteiger partial charge < -0.3 is 5.32 Å². The lowest BCUT2D eigenvalue weighted by atomic mass is 10.2. The number of halogens is 1. The number of nitrogens with one attached hydrogen (secondary N) is 1. The number of hydrogen-bond donors (Lipinski definition) is 1. The Morgan fingerprint density at radius 2 is 2.11 bits per heavy atom. The molecule has 0 saturated heterocycles. The molecule has 4 heteroatoms. The summed E-state index contributed by atoms with van der Waals surface area (Å²) in [5.74, 6) is 0.523. The summed E-state index contributed by atoms with van der Waals surface area (Å²) in [5, 5.41) is 7.86. The number of aromatic nitrogens is 2. The maximum absolute atomic E-state index is 5.92. The highest BCUT2D eigenvalue weighted by atomic mass is 35.5. The van der Waals surface area contributed by atoms with Gasteiger partial charge in [-0.1, -0.05) is 18.2 Å². The lowest BCUT2D eigenvalue weighted by Crippen LogP contribution is -2.08. The van der Waals surface area contributed by atoms with Crippen molar-refractivity contribution >= 4 is 17.3 Å². The highest BCUT2D eigenvalue weighted by Crippen LogP contribution is 2.18. The van der Waals surface area contributed by atoms with Gasteiger partial charge in [-0.15, -0.1) is 11.6 Å². The van der Waals surface area contributed by atoms with Crippen LogP contribution in [0.5, 0.6) is 0 Å². The number of anilines is 1. The molecule has 2 rings (SSSR count). The van der Waals surface area contributed by atoms with Crippen LogP contribution in [-0.4, -0.2) is 9.78 Å². The van der Waals surface area contributed by atoms with Crippen LogP contribution >= 0.6 is 11.6 Å². The molecule has 0 unspecified atom stereocenters. The Bertz CT molecular complexity index is 520. The Balaban J connectivity index is 2.11. The van der Waals surface area contributed by atoms with Crippen LogP contribution < -0.4 is 5.32 Å². The lowest BCUT2D eigenvalue weighted by molar-refractivity contribution is 0.623. The van der Waals surface area contributed by atoms with E-state index >= 15 is 0 Å². The highest BCUT2D eigenvalue weighted by Gasteiger charge is 2.05. The quantitative estimate of drug-likeness (QED) is 0.836. The highest BCUT2D eigenvalue weighted by molar-refractivity contribution is 6.17. The molecule has 96 valence electrons. The first-order valence-electron chi connectivity index (χ1n) is 6.15. The van der Waals surface area contributed by atoms with Crippen molar-refractivity contribution in [1.29, 1.82) is 0 Å². The summed E-state index contributed by atoms with van der Waals surface area (Å²) >= 11 is 5.92. The van der Waals surface area contributed by atoms with Crippen LogP contribution in [0.25, 0.3) is 0 Å². The lowest BCUT2D eigenvalue weighted by Gasteiger charge is -2.11. The summed E-state index contributed by atoms with van der Waals surface area (Å²) in [6.45, 7) is 5.77. The first kappa shape index (κ1) is 13.0. The van der Waals surface area contributed by atoms with E-state index in [4.69, 9.17) is 11.6 Å². The van der Waals surface area contributed by atoms with E-state index in [-0.39, 0.29) is 0 Å². The first-order chi connectivity index (χ1) is 8.74. The number of hydrogen-bond acceptors (Lipinski definition) is 2. The number of benzene rings is 1. The number of alkyl halides is 1. The predicted molar refractivity (Wildman–Crippen MR) is 76.0 cm³/mol. The van der Waals surface area contributed by atoms with Gasteiger partial charge in [-0.05, 0) is 31.5 Å². The molecule has 1 aromatic carbocycles. The van der Waals surface area contributed by atoms with Gasteiger partial charge in [0.25, 0.3) is 0 Å². The molecule has 0 aliphatic heterocycles. The molecule has 0 radical (unpaired) electrons. The molecule has 18 heavy (non-hydrogen) atoms. The molecule has 0 saturated carbocycles. The van der Waals surface area contributed by atoms with Crippen molar-refractivity contribution in [2.24, 2.45) is 0 Å². The first-order valence-corrected chi connectivity index (χ1v) is 6.69. The summed E-state index contributed by atoms with van der Waals surface area (Å²) in [7, 11) is 0. The fraction of sp³-hybridized carbons (Fsp3) is 0.357. The number of rotatable bonds is 5. The minimum atomic E-state index is 0.523. The third-order valence-corrected chi connectivity index (χ3v) is 3.19. The fourth-order valence-corrected chi connectivity index (χ4v) is 2.24. The molecule has 0 amide bonds. The molecule has 0 aliphatic carbocycles. The zero-order valence-electron chi connectivity index (χ0n) is 10.8. The van der Waals surface area contributed by atoms with Crippen LogP contribution in [-0.2, 0) is 19.0 Å². The zero-order valence-corrected chi connectivity index (χ0v) is 11.5. The molecule has 1 aromatic heterocycles. The van der Waals surface area contributed by atoms with Crippen molar-refractivity contribution in [3.63, 3.8) is 0 Å². The molecule has 0 fully saturated rings.